The molecule has 0 aromatic heterocycles. The fourth-order valence-electron chi connectivity index (χ4n) is 18.3. The largest absolute Gasteiger partial charge is 0.477 e. The summed E-state index contributed by atoms with van der Waals surface area (Å²) in [4.78, 5) is 81.1. The van der Waals surface area contributed by atoms with Crippen molar-refractivity contribution in [2.45, 2.75) is 472 Å². The van der Waals surface area contributed by atoms with Crippen LogP contribution in [0.1, 0.15) is 234 Å². The van der Waals surface area contributed by atoms with E-state index in [1.807, 2.05) is 0 Å². The fourth-order valence-corrected chi connectivity index (χ4v) is 18.3. The van der Waals surface area contributed by atoms with E-state index in [1.165, 1.54) is 103 Å². The van der Waals surface area contributed by atoms with E-state index in [9.17, 15) is 146 Å². The molecular weight excluding hydrogens is 1820 g/mol. The van der Waals surface area contributed by atoms with Crippen molar-refractivity contribution in [2.24, 2.45) is 0 Å². The van der Waals surface area contributed by atoms with Crippen molar-refractivity contribution >= 4 is 35.6 Å². The number of amides is 4. The zero-order valence-electron chi connectivity index (χ0n) is 79.1. The summed E-state index contributed by atoms with van der Waals surface area (Å²) in [5, 5.41) is 272. The maximum absolute atomic E-state index is 14.6. The number of aliphatic carboxylic acids is 2. The molecule has 796 valence electrons. The lowest BCUT2D eigenvalue weighted by atomic mass is 9.87. The number of carbonyl (C=O) groups is 6. The molecule has 27 N–H and O–H groups in total. The number of hydrogen-bond donors (Lipinski definition) is 27. The second kappa shape index (κ2) is 59.6. The minimum Gasteiger partial charge on any atom is -0.477 e. The molecule has 0 aromatic rings. The maximum atomic E-state index is 14.6. The first-order chi connectivity index (χ1) is 65.3. The summed E-state index contributed by atoms with van der Waals surface area (Å²) in [6.07, 6.45) is -43.3. The quantitative estimate of drug-likeness (QED) is 0.0200. The molecule has 0 bridgehead atoms. The Hall–Kier alpha value is -4.84. The van der Waals surface area contributed by atoms with Crippen LogP contribution in [0.5, 0.6) is 0 Å². The Morgan fingerprint density at radius 3 is 1.33 bits per heavy atom. The molecule has 4 amide bonds. The molecule has 47 nitrogen and oxygen atoms in total. The number of unbranched alkanes of at least 4 members (excludes halogenated alkanes) is 25. The summed E-state index contributed by atoms with van der Waals surface area (Å²) in [6.45, 7) is -0.109. The summed E-state index contributed by atoms with van der Waals surface area (Å²) < 4.78 is 84.8. The molecule has 7 aliphatic rings. The third-order valence-corrected chi connectivity index (χ3v) is 26.2. The Morgan fingerprint density at radius 2 is 0.825 bits per heavy atom. The second-order valence-corrected chi connectivity index (χ2v) is 37.0. The predicted molar refractivity (Wildman–Crippen MR) is 471 cm³/mol. The van der Waals surface area contributed by atoms with Gasteiger partial charge >= 0.3 is 11.9 Å². The Balaban J connectivity index is 1.23. The molecule has 7 fully saturated rings. The standard InChI is InChI=1S/C90H158N4O43/c1-7-9-11-13-15-17-19-21-22-24-26-28-30-32-34-36-60(108)94-50(51(104)35-33-31-29-27-25-23-20-18-16-14-12-10-8-2)45-124-83-73(118)71(116)75(58(43-99)128-83)130-85-74(119)80(137-90(88(122)123)38-53(106)62(92-48(5)102)79(136-90)68(113)57(42-98)134-89(87(120)121)37-52(105)61(91-47(4)101)78(135-89)65(110)54(107)39-95)76(59(44-100)129-85)131-82-63(93-49(6)103)77(67(112)56(41-97)126-82)132-86-81(70(115)66(111)55(40-96)127-86)133-84-72(117)69(114)64(109)46(3)125-84/h33,35,46,50-59,61-86,95-100,104-107,109-119H,7-32,34,36-45H2,1-6H3,(H,91,101)(H,92,102)(H,93,103)(H,94,108)(H,120,121)(H,122,123)/b35-33+/t46?,50-,51+,52?,53?,54+,55?,56?,57+,58?,59?,61+,62+,63?,64+,65+,66-,67-,68+,69?,70-,71+,72-,73?,74?,75+,76-,77+,78?,79?,80+,81?,82-,83+,84+,85-,86-,89+,90-/m0/s1. The third-order valence-electron chi connectivity index (χ3n) is 26.2. The average molecular weight is 1980 g/mol. The molecule has 14 unspecified atom stereocenters. The first-order valence-corrected chi connectivity index (χ1v) is 48.6. The van der Waals surface area contributed by atoms with Crippen LogP contribution in [0.3, 0.4) is 0 Å². The molecular formula is C90H158N4O43. The molecule has 7 aliphatic heterocycles. The molecule has 0 aliphatic carbocycles. The van der Waals surface area contributed by atoms with Crippen molar-refractivity contribution in [3.05, 3.63) is 12.2 Å². The number of carboxylic acids is 2. The Bertz CT molecular complexity index is 3520. The van der Waals surface area contributed by atoms with E-state index in [2.05, 4.69) is 35.1 Å². The molecule has 7 saturated heterocycles. The van der Waals surface area contributed by atoms with Crippen molar-refractivity contribution in [2.75, 3.05) is 46.2 Å². The lowest BCUT2D eigenvalue weighted by Gasteiger charge is -2.53. The van der Waals surface area contributed by atoms with Crippen molar-refractivity contribution in [3.8, 4) is 0 Å². The van der Waals surface area contributed by atoms with Crippen LogP contribution in [0, 0.1) is 0 Å². The highest BCUT2D eigenvalue weighted by Gasteiger charge is 2.65. The Morgan fingerprint density at radius 1 is 0.409 bits per heavy atom. The summed E-state index contributed by atoms with van der Waals surface area (Å²) in [6, 6.07) is -7.34. The van der Waals surface area contributed by atoms with Crippen molar-refractivity contribution in [1.29, 1.82) is 0 Å². The van der Waals surface area contributed by atoms with Gasteiger partial charge in [0.1, 0.15) is 153 Å². The Kier molecular flexibility index (Phi) is 51.8. The third kappa shape index (κ3) is 33.9. The SMILES string of the molecule is CCCCCCCCCCCCC/C=C/[C@@H](O)[C@H](CO[C@@H]1OC(CO)[C@@H](O[C@@H]2OC(CO)[C@H](O[C@@H]3OC(CO)[C@H](O)[C@H](O[C@@H]4OC(CO)[C@H](O)[C@H](O)C4O[C@H]4OC(C)[C@@H](O)C(O)[C@@H]4O)C3NC(C)=O)[C@H](O[C@]3(C(=O)O)CC(O)[C@@H](NC(C)=O)C([C@H](O)[C@@H](CO)O[C@]4(C(=O)O)CC(O)[C@@H](NC(C)=O)C([C@H](O)[C@H](O)CO)O4)O3)C2O)[C@H](O)C1O)NC(=O)CCCCCCCCCCCCCCCCC. The number of nitrogens with one attached hydrogen (secondary N) is 4. The van der Waals surface area contributed by atoms with Crippen molar-refractivity contribution in [3.63, 3.8) is 0 Å². The molecule has 7 rings (SSSR count). The smallest absolute Gasteiger partial charge is 0.364 e. The van der Waals surface area contributed by atoms with Gasteiger partial charge in [-0.15, -0.1) is 0 Å². The van der Waals surface area contributed by atoms with E-state index < -0.39 is 333 Å². The van der Waals surface area contributed by atoms with Gasteiger partial charge in [0.05, 0.1) is 88.8 Å². The fraction of sp³-hybridized carbons (Fsp3) is 0.911. The normalized spacial score (nSPS) is 36.8. The van der Waals surface area contributed by atoms with Crippen LogP contribution < -0.4 is 21.3 Å². The number of ether oxygens (including phenoxy) is 14. The van der Waals surface area contributed by atoms with Crippen molar-refractivity contribution < 1.29 is 213 Å². The van der Waals surface area contributed by atoms with Crippen LogP contribution >= 0.6 is 0 Å². The van der Waals surface area contributed by atoms with E-state index >= 15 is 0 Å². The number of carbonyl (C=O) groups excluding carboxylic acids is 4. The summed E-state index contributed by atoms with van der Waals surface area (Å²) in [5.74, 6) is -15.3. The number of allylic oxidation sites excluding steroid dienone is 1. The molecule has 0 aromatic carbocycles. The number of aliphatic hydroxyl groups excluding tert-OH is 21. The maximum Gasteiger partial charge on any atom is 0.364 e. The first-order valence-electron chi connectivity index (χ1n) is 48.6. The monoisotopic (exact) mass is 1980 g/mol. The van der Waals surface area contributed by atoms with Crippen molar-refractivity contribution in [1.82, 2.24) is 21.3 Å². The number of rotatable bonds is 61. The van der Waals surface area contributed by atoms with Crippen LogP contribution in [0.4, 0.5) is 0 Å². The summed E-state index contributed by atoms with van der Waals surface area (Å²) >= 11 is 0. The number of aliphatic hydroxyl groups is 21. The van der Waals surface area contributed by atoms with Gasteiger partial charge in [-0.2, -0.15) is 0 Å². The zero-order chi connectivity index (χ0) is 101. The summed E-state index contributed by atoms with van der Waals surface area (Å²) in [7, 11) is 0. The van der Waals surface area contributed by atoms with Crippen LogP contribution in [0.25, 0.3) is 0 Å². The van der Waals surface area contributed by atoms with Crippen LogP contribution in [-0.4, -0.2) is 437 Å². The highest BCUT2D eigenvalue weighted by atomic mass is 16.8. The van der Waals surface area contributed by atoms with Gasteiger partial charge in [0.2, 0.25) is 23.6 Å². The Labute approximate surface area is 797 Å². The van der Waals surface area contributed by atoms with E-state index in [0.717, 1.165) is 91.4 Å². The molecule has 7 heterocycles. The molecule has 137 heavy (non-hydrogen) atoms. The second-order valence-electron chi connectivity index (χ2n) is 37.0. The predicted octanol–water partition coefficient (Wildman–Crippen LogP) is -5.02. The van der Waals surface area contributed by atoms with Crippen LogP contribution in [-0.2, 0) is 95.1 Å². The summed E-state index contributed by atoms with van der Waals surface area (Å²) in [5.41, 5.74) is 0. The number of carboxylic acid groups (broad SMARTS) is 2. The molecule has 0 spiro atoms. The lowest BCUT2D eigenvalue weighted by molar-refractivity contribution is -0.406. The van der Waals surface area contributed by atoms with E-state index in [4.69, 9.17) is 66.3 Å². The average Bonchev–Trinajstić information content (AvgIpc) is 0.739. The minimum absolute atomic E-state index is 0.0692. The van der Waals surface area contributed by atoms with Gasteiger partial charge in [0.25, 0.3) is 11.6 Å². The van der Waals surface area contributed by atoms with Gasteiger partial charge in [0, 0.05) is 40.0 Å². The van der Waals surface area contributed by atoms with E-state index in [0.29, 0.717) is 12.8 Å². The lowest BCUT2D eigenvalue weighted by Crippen LogP contribution is -2.73. The van der Waals surface area contributed by atoms with Gasteiger partial charge in [-0.25, -0.2) is 9.59 Å². The molecule has 0 saturated carbocycles. The first kappa shape index (κ1) is 119. The zero-order valence-corrected chi connectivity index (χ0v) is 79.1. The van der Waals surface area contributed by atoms with Gasteiger partial charge < -0.3 is 205 Å². The molecule has 0 radical (unpaired) electrons. The van der Waals surface area contributed by atoms with E-state index in [1.54, 1.807) is 6.08 Å². The van der Waals surface area contributed by atoms with Gasteiger partial charge in [-0.1, -0.05) is 180 Å². The van der Waals surface area contributed by atoms with Crippen LogP contribution in [0.2, 0.25) is 0 Å². The molecule has 47 heteroatoms. The topological polar surface area (TPSA) is 745 Å². The highest BCUT2D eigenvalue weighted by molar-refractivity contribution is 5.78. The van der Waals surface area contributed by atoms with Crippen LogP contribution in [0.15, 0.2) is 12.2 Å². The molecule has 39 atom stereocenters. The van der Waals surface area contributed by atoms with Gasteiger partial charge in [0.15, 0.2) is 31.5 Å². The minimum atomic E-state index is -3.75. The number of hydrogen-bond acceptors (Lipinski definition) is 41. The van der Waals surface area contributed by atoms with Gasteiger partial charge in [-0.05, 0) is 26.2 Å². The van der Waals surface area contributed by atoms with Gasteiger partial charge in [-0.3, -0.25) is 19.2 Å². The van der Waals surface area contributed by atoms with E-state index in [-0.39, 0.29) is 6.42 Å². The highest BCUT2D eigenvalue weighted by Crippen LogP contribution is 2.44.